The topological polar surface area (TPSA) is 99.1 Å². The smallest absolute Gasteiger partial charge is 0.251 e. The van der Waals surface area contributed by atoms with Gasteiger partial charge in [0.1, 0.15) is 0 Å². The Labute approximate surface area is 165 Å². The van der Waals surface area contributed by atoms with Gasteiger partial charge in [-0.15, -0.1) is 0 Å². The molecule has 2 aromatic carbocycles. The van der Waals surface area contributed by atoms with Crippen LogP contribution in [-0.4, -0.2) is 26.9 Å². The van der Waals surface area contributed by atoms with Gasteiger partial charge in [-0.2, -0.15) is 5.26 Å². The van der Waals surface area contributed by atoms with Crippen LogP contribution in [0.5, 0.6) is 0 Å². The van der Waals surface area contributed by atoms with Gasteiger partial charge in [0, 0.05) is 18.2 Å². The quantitative estimate of drug-likeness (QED) is 0.750. The number of amides is 1. The molecule has 0 spiro atoms. The zero-order chi connectivity index (χ0) is 20.0. The van der Waals surface area contributed by atoms with E-state index in [2.05, 4.69) is 10.0 Å². The lowest BCUT2D eigenvalue weighted by molar-refractivity contribution is 0.0954. The van der Waals surface area contributed by atoms with Crippen molar-refractivity contribution in [1.82, 2.24) is 10.0 Å². The van der Waals surface area contributed by atoms with Gasteiger partial charge in [-0.3, -0.25) is 4.79 Å². The summed E-state index contributed by atoms with van der Waals surface area (Å²) in [7, 11) is -3.48. The summed E-state index contributed by atoms with van der Waals surface area (Å²) in [4.78, 5) is 12.4. The summed E-state index contributed by atoms with van der Waals surface area (Å²) in [5, 5.41) is 11.7. The monoisotopic (exact) mass is 397 g/mol. The lowest BCUT2D eigenvalue weighted by Gasteiger charge is -2.13. The van der Waals surface area contributed by atoms with Gasteiger partial charge in [0.15, 0.2) is 0 Å². The number of hydrogen-bond acceptors (Lipinski definition) is 4. The maximum Gasteiger partial charge on any atom is 0.251 e. The molecule has 0 atom stereocenters. The van der Waals surface area contributed by atoms with E-state index in [1.54, 1.807) is 48.5 Å². The van der Waals surface area contributed by atoms with Crippen LogP contribution in [0.4, 0.5) is 0 Å². The van der Waals surface area contributed by atoms with Crippen LogP contribution >= 0.6 is 0 Å². The van der Waals surface area contributed by atoms with Gasteiger partial charge < -0.3 is 5.32 Å². The van der Waals surface area contributed by atoms with Gasteiger partial charge in [-0.1, -0.05) is 31.0 Å². The molecule has 146 valence electrons. The maximum atomic E-state index is 12.4. The second-order valence-electron chi connectivity index (χ2n) is 6.95. The van der Waals surface area contributed by atoms with Crippen molar-refractivity contribution in [3.8, 4) is 6.07 Å². The molecule has 1 aliphatic rings. The van der Waals surface area contributed by atoms with Crippen molar-refractivity contribution in [2.24, 2.45) is 0 Å². The predicted molar refractivity (Wildman–Crippen MR) is 106 cm³/mol. The number of sulfonamides is 1. The summed E-state index contributed by atoms with van der Waals surface area (Å²) < 4.78 is 27.6. The number of rotatable bonds is 7. The minimum atomic E-state index is -3.48. The summed E-state index contributed by atoms with van der Waals surface area (Å²) in [5.74, 6) is -0.239. The Hall–Kier alpha value is -2.69. The Morgan fingerprint density at radius 1 is 1.11 bits per heavy atom. The second-order valence-corrected chi connectivity index (χ2v) is 8.66. The molecule has 0 saturated heterocycles. The minimum Gasteiger partial charge on any atom is -0.352 e. The van der Waals surface area contributed by atoms with E-state index in [-0.39, 0.29) is 16.8 Å². The Morgan fingerprint density at radius 2 is 1.82 bits per heavy atom. The minimum absolute atomic E-state index is 0.0411. The largest absolute Gasteiger partial charge is 0.352 e. The summed E-state index contributed by atoms with van der Waals surface area (Å²) in [6, 6.07) is 15.3. The molecule has 0 aromatic heterocycles. The van der Waals surface area contributed by atoms with E-state index in [1.807, 2.05) is 6.07 Å². The molecule has 6 nitrogen and oxygen atoms in total. The Morgan fingerprint density at radius 3 is 2.50 bits per heavy atom. The number of benzene rings is 2. The van der Waals surface area contributed by atoms with E-state index in [1.165, 1.54) is 0 Å². The number of nitrogens with one attached hydrogen (secondary N) is 2. The van der Waals surface area contributed by atoms with E-state index >= 15 is 0 Å². The van der Waals surface area contributed by atoms with Crippen LogP contribution < -0.4 is 10.0 Å². The van der Waals surface area contributed by atoms with Gasteiger partial charge in [-0.25, -0.2) is 13.1 Å². The molecule has 1 aliphatic carbocycles. The molecular weight excluding hydrogens is 374 g/mol. The highest BCUT2D eigenvalue weighted by Crippen LogP contribution is 2.20. The average molecular weight is 398 g/mol. The fourth-order valence-corrected chi connectivity index (χ4v) is 4.62. The zero-order valence-electron chi connectivity index (χ0n) is 15.5. The summed E-state index contributed by atoms with van der Waals surface area (Å²) in [6.45, 7) is 0.419. The molecule has 1 fully saturated rings. The molecular formula is C21H23N3O3S. The van der Waals surface area contributed by atoms with Crippen molar-refractivity contribution >= 4 is 15.9 Å². The van der Waals surface area contributed by atoms with Crippen LogP contribution in [-0.2, 0) is 16.4 Å². The van der Waals surface area contributed by atoms with Crippen molar-refractivity contribution < 1.29 is 13.2 Å². The summed E-state index contributed by atoms with van der Waals surface area (Å²) in [5.41, 5.74) is 1.82. The molecule has 2 aromatic rings. The first-order chi connectivity index (χ1) is 13.5. The van der Waals surface area contributed by atoms with Crippen LogP contribution in [0.1, 0.15) is 47.2 Å². The highest BCUT2D eigenvalue weighted by molar-refractivity contribution is 7.89. The first-order valence-corrected chi connectivity index (χ1v) is 10.9. The van der Waals surface area contributed by atoms with Crippen LogP contribution in [0.3, 0.4) is 0 Å². The Bertz CT molecular complexity index is 973. The first-order valence-electron chi connectivity index (χ1n) is 9.37. The van der Waals surface area contributed by atoms with E-state index in [0.717, 1.165) is 31.2 Å². The van der Waals surface area contributed by atoms with Crippen molar-refractivity contribution in [1.29, 1.82) is 5.26 Å². The molecule has 0 unspecified atom stereocenters. The third-order valence-electron chi connectivity index (χ3n) is 4.86. The number of carbonyl (C=O) groups excluding carboxylic acids is 1. The molecule has 1 saturated carbocycles. The molecule has 0 heterocycles. The third kappa shape index (κ3) is 5.18. The highest BCUT2D eigenvalue weighted by Gasteiger charge is 2.22. The molecule has 0 bridgehead atoms. The molecule has 2 N–H and O–H groups in total. The van der Waals surface area contributed by atoms with Crippen molar-refractivity contribution in [2.75, 3.05) is 6.54 Å². The molecule has 1 amide bonds. The van der Waals surface area contributed by atoms with Gasteiger partial charge >= 0.3 is 0 Å². The fourth-order valence-electron chi connectivity index (χ4n) is 3.32. The van der Waals surface area contributed by atoms with E-state index in [0.29, 0.717) is 24.1 Å². The van der Waals surface area contributed by atoms with Crippen molar-refractivity contribution in [2.45, 2.75) is 43.0 Å². The van der Waals surface area contributed by atoms with E-state index in [9.17, 15) is 13.2 Å². The van der Waals surface area contributed by atoms with Gasteiger partial charge in [0.25, 0.3) is 5.91 Å². The van der Waals surface area contributed by atoms with Gasteiger partial charge in [0.2, 0.25) is 10.0 Å². The third-order valence-corrected chi connectivity index (χ3v) is 6.40. The predicted octanol–water partition coefficient (Wildman–Crippen LogP) is 2.75. The number of carbonyl (C=O) groups is 1. The van der Waals surface area contributed by atoms with Crippen LogP contribution in [0.2, 0.25) is 0 Å². The lowest BCUT2D eigenvalue weighted by Crippen LogP contribution is -2.32. The summed E-state index contributed by atoms with van der Waals surface area (Å²) in [6.07, 6.45) is 4.51. The van der Waals surface area contributed by atoms with Gasteiger partial charge in [0.05, 0.1) is 16.5 Å². The average Bonchev–Trinajstić information content (AvgIpc) is 3.20. The molecule has 0 radical (unpaired) electrons. The Kier molecular flexibility index (Phi) is 6.45. The zero-order valence-corrected chi connectivity index (χ0v) is 16.3. The summed E-state index contributed by atoms with van der Waals surface area (Å²) >= 11 is 0. The lowest BCUT2D eigenvalue weighted by atomic mass is 10.1. The first kappa shape index (κ1) is 20.1. The second kappa shape index (κ2) is 9.00. The standard InChI is InChI=1S/C21H23N3O3S/c22-15-17-4-3-5-18(14-17)21(25)23-13-12-16-8-10-20(11-9-16)28(26,27)24-19-6-1-2-7-19/h3-5,8-11,14,19,24H,1-2,6-7,12-13H2,(H,23,25). The normalized spacial score (nSPS) is 14.5. The van der Waals surface area contributed by atoms with Crippen LogP contribution in [0, 0.1) is 11.3 Å². The highest BCUT2D eigenvalue weighted by atomic mass is 32.2. The van der Waals surface area contributed by atoms with Gasteiger partial charge in [-0.05, 0) is 55.2 Å². The molecule has 7 heteroatoms. The molecule has 3 rings (SSSR count). The fraction of sp³-hybridized carbons (Fsp3) is 0.333. The number of nitriles is 1. The van der Waals surface area contributed by atoms with Crippen molar-refractivity contribution in [3.05, 3.63) is 65.2 Å². The maximum absolute atomic E-state index is 12.4. The van der Waals surface area contributed by atoms with Crippen LogP contribution in [0.25, 0.3) is 0 Å². The van der Waals surface area contributed by atoms with E-state index < -0.39 is 10.0 Å². The molecule has 0 aliphatic heterocycles. The number of hydrogen-bond donors (Lipinski definition) is 2. The number of nitrogens with zero attached hydrogens (tertiary/aromatic N) is 1. The van der Waals surface area contributed by atoms with Crippen LogP contribution in [0.15, 0.2) is 53.4 Å². The molecule has 28 heavy (non-hydrogen) atoms. The van der Waals surface area contributed by atoms with E-state index in [4.69, 9.17) is 5.26 Å². The van der Waals surface area contributed by atoms with Crippen molar-refractivity contribution in [3.63, 3.8) is 0 Å². The SMILES string of the molecule is N#Cc1cccc(C(=O)NCCc2ccc(S(=O)(=O)NC3CCCC3)cc2)c1. The Balaban J connectivity index is 1.53.